The Bertz CT molecular complexity index is 415. The van der Waals surface area contributed by atoms with Crippen LogP contribution in [0.5, 0.6) is 0 Å². The van der Waals surface area contributed by atoms with Crippen molar-refractivity contribution in [3.8, 4) is 0 Å². The van der Waals surface area contributed by atoms with Gasteiger partial charge >= 0.3 is 0 Å². The Kier molecular flexibility index (Phi) is 2.17. The van der Waals surface area contributed by atoms with Crippen molar-refractivity contribution in [2.45, 2.75) is 32.6 Å². The van der Waals surface area contributed by atoms with E-state index < -0.39 is 0 Å². The third-order valence-electron chi connectivity index (χ3n) is 2.51. The summed E-state index contributed by atoms with van der Waals surface area (Å²) in [6.07, 6.45) is 8.81. The van der Waals surface area contributed by atoms with Gasteiger partial charge in [0, 0.05) is 6.20 Å². The Morgan fingerprint density at radius 2 is 2.00 bits per heavy atom. The fraction of sp³-hybridized carbons (Fsp3) is 0.417. The maximum absolute atomic E-state index is 4.45. The van der Waals surface area contributed by atoms with Gasteiger partial charge in [-0.15, -0.1) is 0 Å². The van der Waals surface area contributed by atoms with Crippen LogP contribution in [0.25, 0.3) is 12.2 Å². The number of aromatic nitrogens is 1. The first-order chi connectivity index (χ1) is 6.27. The van der Waals surface area contributed by atoms with Gasteiger partial charge in [0.15, 0.2) is 0 Å². The predicted octanol–water partition coefficient (Wildman–Crippen LogP) is 1.56. The second-order valence-electron chi connectivity index (χ2n) is 3.88. The van der Waals surface area contributed by atoms with E-state index in [2.05, 4.69) is 37.0 Å². The number of hydrogen-bond acceptors (Lipinski definition) is 1. The first-order valence-electron chi connectivity index (χ1n) is 4.94. The Morgan fingerprint density at radius 3 is 2.77 bits per heavy atom. The number of hydrogen-bond donors (Lipinski definition) is 0. The maximum atomic E-state index is 4.45. The lowest BCUT2D eigenvalue weighted by atomic mass is 10.0. The number of pyridine rings is 1. The van der Waals surface area contributed by atoms with E-state index in [1.807, 2.05) is 6.20 Å². The Hall–Kier alpha value is -1.11. The van der Waals surface area contributed by atoms with Crippen LogP contribution in [0.2, 0.25) is 0 Å². The molecule has 68 valence electrons. The van der Waals surface area contributed by atoms with Gasteiger partial charge in [-0.1, -0.05) is 26.0 Å². The quantitative estimate of drug-likeness (QED) is 0.628. The van der Waals surface area contributed by atoms with Crippen molar-refractivity contribution in [1.82, 2.24) is 4.98 Å². The molecule has 0 bridgehead atoms. The summed E-state index contributed by atoms with van der Waals surface area (Å²) in [5.74, 6) is 0.577. The normalized spacial score (nSPS) is 14.7. The Balaban J connectivity index is 2.60. The fourth-order valence-corrected chi connectivity index (χ4v) is 1.62. The minimum Gasteiger partial charge on any atom is -0.256 e. The van der Waals surface area contributed by atoms with E-state index in [1.165, 1.54) is 10.8 Å². The van der Waals surface area contributed by atoms with Crippen LogP contribution in [0.1, 0.15) is 38.2 Å². The lowest BCUT2D eigenvalue weighted by Crippen LogP contribution is -2.30. The standard InChI is InChI=1S/C12H15N/c1-9(2)11-7-10-5-3-4-6-12(10)13-8-11/h5-9H,3-4H2,1-2H3. The monoisotopic (exact) mass is 173 g/mol. The lowest BCUT2D eigenvalue weighted by molar-refractivity contribution is 0.851. The highest BCUT2D eigenvalue weighted by Crippen LogP contribution is 2.09. The van der Waals surface area contributed by atoms with E-state index in [0.717, 1.165) is 18.2 Å². The van der Waals surface area contributed by atoms with Crippen molar-refractivity contribution in [3.05, 3.63) is 28.4 Å². The van der Waals surface area contributed by atoms with Crippen LogP contribution in [0.15, 0.2) is 12.3 Å². The highest BCUT2D eigenvalue weighted by Gasteiger charge is 2.00. The van der Waals surface area contributed by atoms with Crippen molar-refractivity contribution in [1.29, 1.82) is 0 Å². The summed E-state index contributed by atoms with van der Waals surface area (Å²) < 4.78 is 0. The molecule has 1 aromatic rings. The molecule has 1 aliphatic rings. The summed E-state index contributed by atoms with van der Waals surface area (Å²) in [7, 11) is 0. The van der Waals surface area contributed by atoms with Crippen LogP contribution < -0.4 is 10.6 Å². The zero-order chi connectivity index (χ0) is 9.26. The molecule has 0 aliphatic heterocycles. The summed E-state index contributed by atoms with van der Waals surface area (Å²) in [4.78, 5) is 4.45. The van der Waals surface area contributed by atoms with Crippen LogP contribution in [-0.4, -0.2) is 4.98 Å². The molecule has 1 aromatic heterocycles. The van der Waals surface area contributed by atoms with Gasteiger partial charge in [0.05, 0.1) is 5.35 Å². The van der Waals surface area contributed by atoms with E-state index in [4.69, 9.17) is 0 Å². The van der Waals surface area contributed by atoms with Crippen LogP contribution in [-0.2, 0) is 0 Å². The minimum atomic E-state index is 0.577. The molecular formula is C12H15N. The topological polar surface area (TPSA) is 12.9 Å². The molecule has 0 aromatic carbocycles. The van der Waals surface area contributed by atoms with E-state index in [9.17, 15) is 0 Å². The van der Waals surface area contributed by atoms with Crippen molar-refractivity contribution in [3.63, 3.8) is 0 Å². The average Bonchev–Trinajstić information content (AvgIpc) is 2.17. The molecule has 0 spiro atoms. The van der Waals surface area contributed by atoms with E-state index in [0.29, 0.717) is 5.92 Å². The number of fused-ring (bicyclic) bond motifs is 1. The molecule has 0 radical (unpaired) electrons. The number of rotatable bonds is 1. The van der Waals surface area contributed by atoms with Crippen molar-refractivity contribution in [2.75, 3.05) is 0 Å². The molecule has 0 amide bonds. The van der Waals surface area contributed by atoms with E-state index in [-0.39, 0.29) is 0 Å². The van der Waals surface area contributed by atoms with Crippen LogP contribution in [0.4, 0.5) is 0 Å². The smallest absolute Gasteiger partial charge is 0.0659 e. The predicted molar refractivity (Wildman–Crippen MR) is 55.7 cm³/mol. The second-order valence-corrected chi connectivity index (χ2v) is 3.88. The molecule has 0 fully saturated rings. The molecular weight excluding hydrogens is 158 g/mol. The molecule has 0 saturated heterocycles. The molecule has 13 heavy (non-hydrogen) atoms. The summed E-state index contributed by atoms with van der Waals surface area (Å²) in [5.41, 5.74) is 1.34. The van der Waals surface area contributed by atoms with Crippen molar-refractivity contribution >= 4 is 12.2 Å². The van der Waals surface area contributed by atoms with Gasteiger partial charge in [0.1, 0.15) is 0 Å². The molecule has 0 N–H and O–H groups in total. The summed E-state index contributed by atoms with van der Waals surface area (Å²) >= 11 is 0. The van der Waals surface area contributed by atoms with Gasteiger partial charge in [0.25, 0.3) is 0 Å². The molecule has 2 rings (SSSR count). The van der Waals surface area contributed by atoms with Gasteiger partial charge < -0.3 is 0 Å². The molecule has 0 saturated carbocycles. The molecule has 1 nitrogen and oxygen atoms in total. The van der Waals surface area contributed by atoms with Gasteiger partial charge in [0.2, 0.25) is 0 Å². The van der Waals surface area contributed by atoms with Gasteiger partial charge in [-0.25, -0.2) is 0 Å². The molecule has 0 unspecified atom stereocenters. The van der Waals surface area contributed by atoms with Gasteiger partial charge in [-0.05, 0) is 35.6 Å². The third kappa shape index (κ3) is 1.64. The zero-order valence-electron chi connectivity index (χ0n) is 8.25. The molecule has 0 atom stereocenters. The number of nitrogens with zero attached hydrogens (tertiary/aromatic N) is 1. The molecule has 1 heterocycles. The first kappa shape index (κ1) is 8.49. The highest BCUT2D eigenvalue weighted by atomic mass is 14.6. The van der Waals surface area contributed by atoms with Gasteiger partial charge in [-0.3, -0.25) is 4.98 Å². The minimum absolute atomic E-state index is 0.577. The molecule has 1 heteroatoms. The fourth-order valence-electron chi connectivity index (χ4n) is 1.62. The average molecular weight is 173 g/mol. The molecule has 1 aliphatic carbocycles. The SMILES string of the molecule is CC(C)c1cnc2c(c1)=CCCC=2. The van der Waals surface area contributed by atoms with Crippen molar-refractivity contribution < 1.29 is 0 Å². The largest absolute Gasteiger partial charge is 0.256 e. The first-order valence-corrected chi connectivity index (χ1v) is 4.94. The highest BCUT2D eigenvalue weighted by molar-refractivity contribution is 5.36. The van der Waals surface area contributed by atoms with E-state index in [1.54, 1.807) is 0 Å². The van der Waals surface area contributed by atoms with Crippen LogP contribution >= 0.6 is 0 Å². The summed E-state index contributed by atoms with van der Waals surface area (Å²) in [6, 6.07) is 2.27. The Labute approximate surface area is 78.8 Å². The van der Waals surface area contributed by atoms with Crippen LogP contribution in [0, 0.1) is 0 Å². The third-order valence-corrected chi connectivity index (χ3v) is 2.51. The Morgan fingerprint density at radius 1 is 1.23 bits per heavy atom. The van der Waals surface area contributed by atoms with Gasteiger partial charge in [-0.2, -0.15) is 0 Å². The zero-order valence-corrected chi connectivity index (χ0v) is 8.25. The van der Waals surface area contributed by atoms with E-state index >= 15 is 0 Å². The van der Waals surface area contributed by atoms with Crippen molar-refractivity contribution in [2.24, 2.45) is 0 Å². The maximum Gasteiger partial charge on any atom is 0.0659 e. The van der Waals surface area contributed by atoms with Crippen LogP contribution in [0.3, 0.4) is 0 Å². The summed E-state index contributed by atoms with van der Waals surface area (Å²) in [6.45, 7) is 4.41. The lowest BCUT2D eigenvalue weighted by Gasteiger charge is -2.05. The second kappa shape index (κ2) is 3.33. The summed E-state index contributed by atoms with van der Waals surface area (Å²) in [5, 5.41) is 2.48.